The molecule has 0 aliphatic heterocycles. The first-order chi connectivity index (χ1) is 7.26. The van der Waals surface area contributed by atoms with Crippen molar-refractivity contribution in [1.82, 2.24) is 5.32 Å². The lowest BCUT2D eigenvalue weighted by molar-refractivity contribution is 0.146. The molecule has 0 aromatic carbocycles. The Hall–Kier alpha value is -0.0800. The molecule has 15 heavy (non-hydrogen) atoms. The van der Waals surface area contributed by atoms with E-state index in [2.05, 4.69) is 19.2 Å². The maximum Gasteiger partial charge on any atom is 0.0613 e. The summed E-state index contributed by atoms with van der Waals surface area (Å²) < 4.78 is 0. The van der Waals surface area contributed by atoms with Crippen LogP contribution in [0, 0.1) is 0 Å². The summed E-state index contributed by atoms with van der Waals surface area (Å²) in [7, 11) is 0. The summed E-state index contributed by atoms with van der Waals surface area (Å²) in [4.78, 5) is 0. The number of aliphatic hydroxyl groups excluding tert-OH is 1. The highest BCUT2D eigenvalue weighted by atomic mass is 16.3. The summed E-state index contributed by atoms with van der Waals surface area (Å²) in [6.45, 7) is 4.80. The molecule has 0 atom stereocenters. The standard InChI is InChI=1S/C13H27NO/c1-3-7-12(8-4-2)14-13(11-15)9-5-6-10-13/h12,14-15H,3-11H2,1-2H3. The zero-order valence-electron chi connectivity index (χ0n) is 10.4. The van der Waals surface area contributed by atoms with E-state index in [1.165, 1.54) is 38.5 Å². The number of rotatable bonds is 7. The zero-order valence-corrected chi connectivity index (χ0v) is 10.4. The van der Waals surface area contributed by atoms with Gasteiger partial charge in [-0.2, -0.15) is 0 Å². The number of aliphatic hydroxyl groups is 1. The van der Waals surface area contributed by atoms with Gasteiger partial charge in [0.1, 0.15) is 0 Å². The average Bonchev–Trinajstić information content (AvgIpc) is 2.68. The van der Waals surface area contributed by atoms with Gasteiger partial charge in [0.05, 0.1) is 6.61 Å². The summed E-state index contributed by atoms with van der Waals surface area (Å²) in [5, 5.41) is 13.3. The molecule has 0 aromatic heterocycles. The maximum absolute atomic E-state index is 9.54. The average molecular weight is 213 g/mol. The molecule has 0 unspecified atom stereocenters. The molecule has 1 aliphatic carbocycles. The molecule has 2 heteroatoms. The number of nitrogens with one attached hydrogen (secondary N) is 1. The molecule has 1 saturated carbocycles. The van der Waals surface area contributed by atoms with Gasteiger partial charge in [-0.25, -0.2) is 0 Å². The van der Waals surface area contributed by atoms with Crippen molar-refractivity contribution in [1.29, 1.82) is 0 Å². The van der Waals surface area contributed by atoms with Gasteiger partial charge in [0, 0.05) is 11.6 Å². The predicted molar refractivity (Wildman–Crippen MR) is 65.0 cm³/mol. The van der Waals surface area contributed by atoms with Crippen LogP contribution in [0.15, 0.2) is 0 Å². The van der Waals surface area contributed by atoms with Gasteiger partial charge in [-0.1, -0.05) is 39.5 Å². The van der Waals surface area contributed by atoms with Gasteiger partial charge in [0.2, 0.25) is 0 Å². The Morgan fingerprint density at radius 2 is 1.67 bits per heavy atom. The molecular weight excluding hydrogens is 186 g/mol. The fourth-order valence-electron chi connectivity index (χ4n) is 2.82. The van der Waals surface area contributed by atoms with Crippen molar-refractivity contribution >= 4 is 0 Å². The van der Waals surface area contributed by atoms with Crippen LogP contribution in [-0.2, 0) is 0 Å². The van der Waals surface area contributed by atoms with Gasteiger partial charge >= 0.3 is 0 Å². The van der Waals surface area contributed by atoms with Gasteiger partial charge in [0.25, 0.3) is 0 Å². The van der Waals surface area contributed by atoms with Crippen LogP contribution in [-0.4, -0.2) is 23.3 Å². The lowest BCUT2D eigenvalue weighted by Crippen LogP contribution is -2.51. The molecule has 1 aliphatic rings. The molecule has 0 radical (unpaired) electrons. The van der Waals surface area contributed by atoms with Crippen LogP contribution < -0.4 is 5.32 Å². The molecule has 1 fully saturated rings. The molecule has 0 aromatic rings. The Labute approximate surface area is 94.5 Å². The van der Waals surface area contributed by atoms with Gasteiger partial charge in [-0.05, 0) is 25.7 Å². The Balaban J connectivity index is 2.46. The van der Waals surface area contributed by atoms with Gasteiger partial charge < -0.3 is 10.4 Å². The smallest absolute Gasteiger partial charge is 0.0613 e. The summed E-state index contributed by atoms with van der Waals surface area (Å²) in [6.07, 6.45) is 9.83. The predicted octanol–water partition coefficient (Wildman–Crippen LogP) is 2.85. The van der Waals surface area contributed by atoms with Crippen LogP contribution in [0.25, 0.3) is 0 Å². The van der Waals surface area contributed by atoms with Crippen LogP contribution in [0.2, 0.25) is 0 Å². The van der Waals surface area contributed by atoms with E-state index in [1.54, 1.807) is 0 Å². The van der Waals surface area contributed by atoms with E-state index >= 15 is 0 Å². The molecule has 0 amide bonds. The van der Waals surface area contributed by atoms with Crippen molar-refractivity contribution in [3.63, 3.8) is 0 Å². The van der Waals surface area contributed by atoms with Gasteiger partial charge in [0.15, 0.2) is 0 Å². The second kappa shape index (κ2) is 6.49. The maximum atomic E-state index is 9.54. The monoisotopic (exact) mass is 213 g/mol. The van der Waals surface area contributed by atoms with Crippen molar-refractivity contribution in [3.8, 4) is 0 Å². The SMILES string of the molecule is CCCC(CCC)NC1(CO)CCCC1. The first kappa shape index (κ1) is 13.0. The lowest BCUT2D eigenvalue weighted by Gasteiger charge is -2.33. The lowest BCUT2D eigenvalue weighted by atomic mass is 9.95. The quantitative estimate of drug-likeness (QED) is 0.681. The largest absolute Gasteiger partial charge is 0.394 e. The van der Waals surface area contributed by atoms with Crippen LogP contribution in [0.1, 0.15) is 65.2 Å². The molecule has 0 spiro atoms. The molecule has 0 bridgehead atoms. The topological polar surface area (TPSA) is 32.3 Å². The van der Waals surface area contributed by atoms with Crippen molar-refractivity contribution in [2.75, 3.05) is 6.61 Å². The Bertz CT molecular complexity index is 158. The van der Waals surface area contributed by atoms with Gasteiger partial charge in [-0.15, -0.1) is 0 Å². The van der Waals surface area contributed by atoms with Crippen LogP contribution >= 0.6 is 0 Å². The number of hydrogen-bond acceptors (Lipinski definition) is 2. The highest BCUT2D eigenvalue weighted by Gasteiger charge is 2.34. The highest BCUT2D eigenvalue weighted by Crippen LogP contribution is 2.30. The van der Waals surface area contributed by atoms with Crippen LogP contribution in [0.5, 0.6) is 0 Å². The minimum atomic E-state index is 0.0645. The van der Waals surface area contributed by atoms with E-state index in [9.17, 15) is 5.11 Å². The van der Waals surface area contributed by atoms with Crippen LogP contribution in [0.3, 0.4) is 0 Å². The van der Waals surface area contributed by atoms with Crippen LogP contribution in [0.4, 0.5) is 0 Å². The van der Waals surface area contributed by atoms with Crippen molar-refractivity contribution in [3.05, 3.63) is 0 Å². The molecule has 1 rings (SSSR count). The molecule has 90 valence electrons. The Morgan fingerprint density at radius 1 is 1.13 bits per heavy atom. The third kappa shape index (κ3) is 3.76. The minimum absolute atomic E-state index is 0.0645. The van der Waals surface area contributed by atoms with Crippen molar-refractivity contribution < 1.29 is 5.11 Å². The van der Waals surface area contributed by atoms with E-state index in [-0.39, 0.29) is 5.54 Å². The molecule has 0 saturated heterocycles. The first-order valence-corrected chi connectivity index (χ1v) is 6.65. The second-order valence-electron chi connectivity index (χ2n) is 5.06. The Kier molecular flexibility index (Phi) is 5.62. The third-order valence-corrected chi connectivity index (χ3v) is 3.65. The summed E-state index contributed by atoms with van der Waals surface area (Å²) >= 11 is 0. The summed E-state index contributed by atoms with van der Waals surface area (Å²) in [6, 6.07) is 0.616. The number of hydrogen-bond donors (Lipinski definition) is 2. The fraction of sp³-hybridized carbons (Fsp3) is 1.00. The Morgan fingerprint density at radius 3 is 2.07 bits per heavy atom. The normalized spacial score (nSPS) is 20.0. The summed E-state index contributed by atoms with van der Waals surface area (Å²) in [5.74, 6) is 0. The molecule has 2 N–H and O–H groups in total. The molecular formula is C13H27NO. The van der Waals surface area contributed by atoms with Crippen molar-refractivity contribution in [2.24, 2.45) is 0 Å². The molecule has 0 heterocycles. The second-order valence-corrected chi connectivity index (χ2v) is 5.06. The van der Waals surface area contributed by atoms with E-state index in [0.29, 0.717) is 12.6 Å². The molecule has 2 nitrogen and oxygen atoms in total. The van der Waals surface area contributed by atoms with E-state index in [4.69, 9.17) is 0 Å². The van der Waals surface area contributed by atoms with E-state index < -0.39 is 0 Å². The third-order valence-electron chi connectivity index (χ3n) is 3.65. The van der Waals surface area contributed by atoms with E-state index in [1.807, 2.05) is 0 Å². The minimum Gasteiger partial charge on any atom is -0.394 e. The first-order valence-electron chi connectivity index (χ1n) is 6.65. The highest BCUT2D eigenvalue weighted by molar-refractivity contribution is 4.94. The zero-order chi connectivity index (χ0) is 11.1. The van der Waals surface area contributed by atoms with Gasteiger partial charge in [-0.3, -0.25) is 0 Å². The van der Waals surface area contributed by atoms with E-state index in [0.717, 1.165) is 12.8 Å². The fourth-order valence-corrected chi connectivity index (χ4v) is 2.82. The van der Waals surface area contributed by atoms with Crippen molar-refractivity contribution in [2.45, 2.75) is 76.8 Å². The summed E-state index contributed by atoms with van der Waals surface area (Å²) in [5.41, 5.74) is 0.0645.